The van der Waals surface area contributed by atoms with Gasteiger partial charge in [0, 0.05) is 19.5 Å². The molecule has 2 aromatic rings. The van der Waals surface area contributed by atoms with E-state index in [0.29, 0.717) is 10.0 Å². The Morgan fingerprint density at radius 1 is 1.47 bits per heavy atom. The molecule has 0 aliphatic rings. The highest BCUT2D eigenvalue weighted by atomic mass is 35.5. The van der Waals surface area contributed by atoms with Gasteiger partial charge in [0.15, 0.2) is 0 Å². The molecule has 0 saturated carbocycles. The number of fused-ring (bicyclic) bond motifs is 1. The summed E-state index contributed by atoms with van der Waals surface area (Å²) in [6.07, 6.45) is 1.39. The van der Waals surface area contributed by atoms with E-state index in [1.807, 2.05) is 0 Å². The van der Waals surface area contributed by atoms with E-state index in [1.165, 1.54) is 22.6 Å². The summed E-state index contributed by atoms with van der Waals surface area (Å²) in [5.41, 5.74) is 0. The van der Waals surface area contributed by atoms with Crippen molar-refractivity contribution in [3.8, 4) is 0 Å². The van der Waals surface area contributed by atoms with Crippen LogP contribution in [0.25, 0.3) is 10.2 Å². The molecule has 15 heavy (non-hydrogen) atoms. The van der Waals surface area contributed by atoms with Crippen molar-refractivity contribution in [1.82, 2.24) is 14.9 Å². The van der Waals surface area contributed by atoms with Crippen LogP contribution in [0.1, 0.15) is 9.67 Å². The third kappa shape index (κ3) is 1.80. The molecule has 0 aliphatic carbocycles. The first-order chi connectivity index (χ1) is 7.09. The molecule has 0 aromatic carbocycles. The van der Waals surface area contributed by atoms with E-state index >= 15 is 0 Å². The van der Waals surface area contributed by atoms with Crippen LogP contribution in [0.15, 0.2) is 12.4 Å². The van der Waals surface area contributed by atoms with Gasteiger partial charge in [-0.25, -0.2) is 9.97 Å². The molecule has 2 heterocycles. The van der Waals surface area contributed by atoms with E-state index in [0.717, 1.165) is 10.2 Å². The van der Waals surface area contributed by atoms with Gasteiger partial charge in [-0.15, -0.1) is 11.3 Å². The van der Waals surface area contributed by atoms with E-state index in [9.17, 15) is 4.79 Å². The summed E-state index contributed by atoms with van der Waals surface area (Å²) in [5, 5.41) is 1.11. The Morgan fingerprint density at radius 2 is 2.20 bits per heavy atom. The Morgan fingerprint density at radius 3 is 2.80 bits per heavy atom. The smallest absolute Gasteiger partial charge is 0.263 e. The fraction of sp³-hybridized carbons (Fsp3) is 0.222. The zero-order chi connectivity index (χ0) is 11.0. The van der Waals surface area contributed by atoms with Gasteiger partial charge in [-0.05, 0) is 6.07 Å². The van der Waals surface area contributed by atoms with Crippen molar-refractivity contribution in [2.75, 3.05) is 14.1 Å². The average molecular weight is 242 g/mol. The van der Waals surface area contributed by atoms with Crippen LogP contribution in [-0.4, -0.2) is 34.9 Å². The SMILES string of the molecule is CN(C)C(=O)c1cc2c(Cl)ncnc2s1. The van der Waals surface area contributed by atoms with Crippen LogP contribution >= 0.6 is 22.9 Å². The van der Waals surface area contributed by atoms with Crippen molar-refractivity contribution < 1.29 is 4.79 Å². The first-order valence-electron chi connectivity index (χ1n) is 4.21. The number of carbonyl (C=O) groups excluding carboxylic acids is 1. The van der Waals surface area contributed by atoms with E-state index in [-0.39, 0.29) is 5.91 Å². The maximum Gasteiger partial charge on any atom is 0.263 e. The van der Waals surface area contributed by atoms with Crippen LogP contribution in [0.5, 0.6) is 0 Å². The molecule has 1 amide bonds. The number of aromatic nitrogens is 2. The summed E-state index contributed by atoms with van der Waals surface area (Å²) in [6, 6.07) is 1.73. The molecule has 0 saturated heterocycles. The molecule has 6 heteroatoms. The van der Waals surface area contributed by atoms with Gasteiger partial charge in [-0.1, -0.05) is 11.6 Å². The number of carbonyl (C=O) groups is 1. The number of nitrogens with zero attached hydrogens (tertiary/aromatic N) is 3. The fourth-order valence-electron chi connectivity index (χ4n) is 1.15. The largest absolute Gasteiger partial charge is 0.344 e. The minimum absolute atomic E-state index is 0.0472. The molecule has 0 bridgehead atoms. The molecule has 0 radical (unpaired) electrons. The van der Waals surface area contributed by atoms with Crippen molar-refractivity contribution in [2.24, 2.45) is 0 Å². The molecule has 2 aromatic heterocycles. The lowest BCUT2D eigenvalue weighted by molar-refractivity contribution is 0.0832. The average Bonchev–Trinajstić information content (AvgIpc) is 2.61. The fourth-order valence-corrected chi connectivity index (χ4v) is 2.42. The van der Waals surface area contributed by atoms with Crippen molar-refractivity contribution in [3.05, 3.63) is 22.4 Å². The first kappa shape index (κ1) is 10.3. The van der Waals surface area contributed by atoms with Crippen molar-refractivity contribution in [3.63, 3.8) is 0 Å². The molecule has 0 spiro atoms. The summed E-state index contributed by atoms with van der Waals surface area (Å²) in [5.74, 6) is -0.0472. The summed E-state index contributed by atoms with van der Waals surface area (Å²) >= 11 is 7.21. The molecule has 78 valence electrons. The standard InChI is InChI=1S/C9H8ClN3OS/c1-13(2)9(14)6-3-5-7(10)11-4-12-8(5)15-6/h3-4H,1-2H3. The second-order valence-corrected chi connectivity index (χ2v) is 4.58. The van der Waals surface area contributed by atoms with Gasteiger partial charge < -0.3 is 4.90 Å². The zero-order valence-electron chi connectivity index (χ0n) is 8.19. The predicted octanol–water partition coefficient (Wildman–Crippen LogP) is 2.05. The van der Waals surface area contributed by atoms with Crippen LogP contribution in [0.2, 0.25) is 5.15 Å². The Hall–Kier alpha value is -1.20. The van der Waals surface area contributed by atoms with Crippen molar-refractivity contribution in [2.45, 2.75) is 0 Å². The third-order valence-electron chi connectivity index (χ3n) is 1.90. The second-order valence-electron chi connectivity index (χ2n) is 3.19. The van der Waals surface area contributed by atoms with E-state index in [2.05, 4.69) is 9.97 Å². The van der Waals surface area contributed by atoms with Crippen molar-refractivity contribution in [1.29, 1.82) is 0 Å². The predicted molar refractivity (Wildman–Crippen MR) is 60.4 cm³/mol. The van der Waals surface area contributed by atoms with Crippen LogP contribution < -0.4 is 0 Å². The van der Waals surface area contributed by atoms with Gasteiger partial charge in [-0.2, -0.15) is 0 Å². The van der Waals surface area contributed by atoms with Gasteiger partial charge in [0.25, 0.3) is 5.91 Å². The summed E-state index contributed by atoms with van der Waals surface area (Å²) in [7, 11) is 3.42. The minimum atomic E-state index is -0.0472. The minimum Gasteiger partial charge on any atom is -0.344 e. The maximum absolute atomic E-state index is 11.7. The van der Waals surface area contributed by atoms with Gasteiger partial charge in [0.1, 0.15) is 16.3 Å². The molecule has 4 nitrogen and oxygen atoms in total. The topological polar surface area (TPSA) is 46.1 Å². The van der Waals surface area contributed by atoms with Crippen LogP contribution in [0.4, 0.5) is 0 Å². The molecule has 0 unspecified atom stereocenters. The Kier molecular flexibility index (Phi) is 2.58. The number of thiophene rings is 1. The molecule has 2 rings (SSSR count). The summed E-state index contributed by atoms with van der Waals surface area (Å²) < 4.78 is 0. The molecular formula is C9H8ClN3OS. The molecule has 0 atom stereocenters. The summed E-state index contributed by atoms with van der Waals surface area (Å²) in [4.78, 5) is 22.5. The van der Waals surface area contributed by atoms with Crippen LogP contribution in [-0.2, 0) is 0 Å². The van der Waals surface area contributed by atoms with E-state index in [4.69, 9.17) is 11.6 Å². The zero-order valence-corrected chi connectivity index (χ0v) is 9.76. The first-order valence-corrected chi connectivity index (χ1v) is 5.40. The Balaban J connectivity index is 2.57. The molecule has 0 fully saturated rings. The van der Waals surface area contributed by atoms with Gasteiger partial charge >= 0.3 is 0 Å². The number of rotatable bonds is 1. The third-order valence-corrected chi connectivity index (χ3v) is 3.23. The Bertz CT molecular complexity index is 523. The van der Waals surface area contributed by atoms with Gasteiger partial charge in [-0.3, -0.25) is 4.79 Å². The lowest BCUT2D eigenvalue weighted by Gasteiger charge is -2.06. The normalized spacial score (nSPS) is 10.6. The maximum atomic E-state index is 11.7. The number of amides is 1. The molecule has 0 N–H and O–H groups in total. The highest BCUT2D eigenvalue weighted by molar-refractivity contribution is 7.20. The second kappa shape index (κ2) is 3.75. The monoisotopic (exact) mass is 241 g/mol. The van der Waals surface area contributed by atoms with E-state index in [1.54, 1.807) is 20.2 Å². The quantitative estimate of drug-likeness (QED) is 0.718. The lowest BCUT2D eigenvalue weighted by atomic mass is 10.3. The number of hydrogen-bond donors (Lipinski definition) is 0. The lowest BCUT2D eigenvalue weighted by Crippen LogP contribution is -2.20. The van der Waals surface area contributed by atoms with Gasteiger partial charge in [0.05, 0.1) is 4.88 Å². The number of hydrogen-bond acceptors (Lipinski definition) is 4. The van der Waals surface area contributed by atoms with Crippen LogP contribution in [0.3, 0.4) is 0 Å². The van der Waals surface area contributed by atoms with Crippen LogP contribution in [0, 0.1) is 0 Å². The summed E-state index contributed by atoms with van der Waals surface area (Å²) in [6.45, 7) is 0. The number of halogens is 1. The highest BCUT2D eigenvalue weighted by Gasteiger charge is 2.14. The van der Waals surface area contributed by atoms with Crippen molar-refractivity contribution >= 4 is 39.1 Å². The van der Waals surface area contributed by atoms with Gasteiger partial charge in [0.2, 0.25) is 0 Å². The molecular weight excluding hydrogens is 234 g/mol. The highest BCUT2D eigenvalue weighted by Crippen LogP contribution is 2.28. The molecule has 0 aliphatic heterocycles. The Labute approximate surface area is 95.5 Å². The van der Waals surface area contributed by atoms with E-state index < -0.39 is 0 Å².